The van der Waals surface area contributed by atoms with E-state index in [2.05, 4.69) is 54.1 Å². The molecular weight excluding hydrogens is 562 g/mol. The van der Waals surface area contributed by atoms with Crippen LogP contribution in [0.1, 0.15) is 54.8 Å². The van der Waals surface area contributed by atoms with Crippen molar-refractivity contribution in [1.29, 1.82) is 0 Å². The van der Waals surface area contributed by atoms with Crippen LogP contribution < -0.4 is 14.8 Å². The number of amides is 2. The van der Waals surface area contributed by atoms with Gasteiger partial charge in [-0.15, -0.1) is 0 Å². The topological polar surface area (TPSA) is 116 Å². The highest BCUT2D eigenvalue weighted by molar-refractivity contribution is 6.74. The normalized spacial score (nSPS) is 14.2. The Bertz CT molecular complexity index is 1400. The average molecular weight is 598 g/mol. The Kier molecular flexibility index (Phi) is 9.30. The molecule has 12 heteroatoms. The third kappa shape index (κ3) is 7.81. The van der Waals surface area contributed by atoms with Crippen LogP contribution in [-0.2, 0) is 4.43 Å². The number of anilines is 1. The molecule has 0 aliphatic carbocycles. The molecule has 1 aliphatic rings. The van der Waals surface area contributed by atoms with Crippen molar-refractivity contribution in [3.63, 3.8) is 0 Å². The van der Waals surface area contributed by atoms with Gasteiger partial charge in [0.25, 0.3) is 11.8 Å². The Labute approximate surface area is 246 Å². The van der Waals surface area contributed by atoms with Crippen molar-refractivity contribution < 1.29 is 23.5 Å². The van der Waals surface area contributed by atoms with E-state index in [9.17, 15) is 9.59 Å². The van der Waals surface area contributed by atoms with Crippen molar-refractivity contribution in [2.75, 3.05) is 25.0 Å². The third-order valence-electron chi connectivity index (χ3n) is 7.18. The minimum absolute atomic E-state index is 0.0632. The van der Waals surface area contributed by atoms with Crippen molar-refractivity contribution in [2.24, 2.45) is 0 Å². The molecule has 0 radical (unpaired) electrons. The van der Waals surface area contributed by atoms with Gasteiger partial charge in [-0.2, -0.15) is 0 Å². The Hall–Kier alpha value is -3.54. The summed E-state index contributed by atoms with van der Waals surface area (Å²) in [6, 6.07) is 6.35. The van der Waals surface area contributed by atoms with Gasteiger partial charge in [0.05, 0.1) is 18.4 Å². The van der Waals surface area contributed by atoms with Gasteiger partial charge in [0.2, 0.25) is 5.88 Å². The molecule has 1 aromatic carbocycles. The minimum Gasteiger partial charge on any atom is -0.488 e. The fourth-order valence-corrected chi connectivity index (χ4v) is 4.91. The summed E-state index contributed by atoms with van der Waals surface area (Å²) in [5.41, 5.74) is 0.653. The summed E-state index contributed by atoms with van der Waals surface area (Å²) >= 11 is 6.45. The first-order valence-electron chi connectivity index (χ1n) is 13.5. The quantitative estimate of drug-likeness (QED) is 0.274. The molecule has 0 saturated carbocycles. The Balaban J connectivity index is 1.56. The number of carbonyl (C=O) groups is 2. The van der Waals surface area contributed by atoms with Gasteiger partial charge in [-0.3, -0.25) is 14.6 Å². The van der Waals surface area contributed by atoms with Crippen molar-refractivity contribution >= 4 is 37.6 Å². The number of hydrogen-bond acceptors (Lipinski definition) is 8. The Morgan fingerprint density at radius 2 is 1.78 bits per heavy atom. The van der Waals surface area contributed by atoms with Crippen LogP contribution in [0, 0.1) is 0 Å². The lowest BCUT2D eigenvalue weighted by molar-refractivity contribution is 0.0651. The Morgan fingerprint density at radius 1 is 1.05 bits per heavy atom. The molecule has 2 amide bonds. The maximum Gasteiger partial charge on any atom is 0.257 e. The number of ether oxygens (including phenoxy) is 2. The summed E-state index contributed by atoms with van der Waals surface area (Å²) in [6.07, 6.45) is 6.57. The number of pyridine rings is 1. The Morgan fingerprint density at radius 3 is 2.39 bits per heavy atom. The maximum absolute atomic E-state index is 13.1. The van der Waals surface area contributed by atoms with Crippen LogP contribution in [0.5, 0.6) is 17.4 Å². The number of nitrogens with one attached hydrogen (secondary N) is 1. The van der Waals surface area contributed by atoms with Crippen molar-refractivity contribution in [3.05, 3.63) is 65.2 Å². The smallest absolute Gasteiger partial charge is 0.257 e. The summed E-state index contributed by atoms with van der Waals surface area (Å²) in [5.74, 6) is 0.525. The van der Waals surface area contributed by atoms with Crippen LogP contribution in [0.2, 0.25) is 23.2 Å². The minimum atomic E-state index is -1.98. The van der Waals surface area contributed by atoms with Crippen molar-refractivity contribution in [2.45, 2.75) is 58.4 Å². The first-order valence-corrected chi connectivity index (χ1v) is 16.8. The molecule has 2 aromatic heterocycles. The van der Waals surface area contributed by atoms with E-state index in [1.807, 2.05) is 6.92 Å². The van der Waals surface area contributed by atoms with Crippen LogP contribution in [0.3, 0.4) is 0 Å². The van der Waals surface area contributed by atoms with Gasteiger partial charge in [0.15, 0.2) is 14.1 Å². The number of benzene rings is 1. The fourth-order valence-electron chi connectivity index (χ4n) is 3.62. The van der Waals surface area contributed by atoms with E-state index < -0.39 is 14.2 Å². The highest BCUT2D eigenvalue weighted by Crippen LogP contribution is 2.37. The zero-order chi connectivity index (χ0) is 29.8. The summed E-state index contributed by atoms with van der Waals surface area (Å²) in [5, 5.41) is 2.95. The molecule has 1 fully saturated rings. The van der Waals surface area contributed by atoms with Crippen LogP contribution >= 0.6 is 11.6 Å². The average Bonchev–Trinajstić information content (AvgIpc) is 2.87. The highest BCUT2D eigenvalue weighted by atomic mass is 35.5. The molecule has 0 unspecified atom stereocenters. The second kappa shape index (κ2) is 12.5. The van der Waals surface area contributed by atoms with E-state index in [0.29, 0.717) is 23.7 Å². The zero-order valence-corrected chi connectivity index (χ0v) is 26.0. The maximum atomic E-state index is 13.1. The second-order valence-electron chi connectivity index (χ2n) is 11.5. The van der Waals surface area contributed by atoms with E-state index in [1.165, 1.54) is 30.9 Å². The van der Waals surface area contributed by atoms with E-state index in [0.717, 1.165) is 19.5 Å². The first kappa shape index (κ1) is 30.4. The third-order valence-corrected chi connectivity index (χ3v) is 12.0. The van der Waals surface area contributed by atoms with Crippen LogP contribution in [0.15, 0.2) is 49.1 Å². The van der Waals surface area contributed by atoms with Gasteiger partial charge in [-0.1, -0.05) is 32.4 Å². The molecule has 1 saturated heterocycles. The van der Waals surface area contributed by atoms with E-state index in [4.69, 9.17) is 25.5 Å². The number of aromatic nitrogens is 3. The lowest BCUT2D eigenvalue weighted by atomic mass is 10.1. The monoisotopic (exact) mass is 597 g/mol. The number of hydrogen-bond donors (Lipinski definition) is 1. The summed E-state index contributed by atoms with van der Waals surface area (Å²) in [7, 11) is -1.98. The van der Waals surface area contributed by atoms with Gasteiger partial charge in [-0.25, -0.2) is 9.97 Å². The van der Waals surface area contributed by atoms with Crippen LogP contribution in [0.25, 0.3) is 0 Å². The SMILES string of the molecule is C[C@@H](CO[Si](C)(C)C(C)(C)C)Oc1cc(Oc2ncc(C(=O)N3CCC3)cc2Cl)cc(C(=O)Nc2cnccn2)c1. The van der Waals surface area contributed by atoms with Crippen LogP contribution in [0.4, 0.5) is 5.82 Å². The molecule has 4 rings (SSSR count). The van der Waals surface area contributed by atoms with E-state index in [1.54, 1.807) is 23.1 Å². The molecule has 3 aromatic rings. The number of rotatable bonds is 10. The number of likely N-dealkylation sites (tertiary alicyclic amines) is 1. The largest absolute Gasteiger partial charge is 0.488 e. The summed E-state index contributed by atoms with van der Waals surface area (Å²) in [6.45, 7) is 14.7. The van der Waals surface area contributed by atoms with Gasteiger partial charge in [0.1, 0.15) is 22.6 Å². The molecule has 1 N–H and O–H groups in total. The van der Waals surface area contributed by atoms with Crippen molar-refractivity contribution in [1.82, 2.24) is 19.9 Å². The number of nitrogens with zero attached hydrogens (tertiary/aromatic N) is 4. The molecule has 218 valence electrons. The predicted molar refractivity (Wildman–Crippen MR) is 160 cm³/mol. The lowest BCUT2D eigenvalue weighted by Gasteiger charge is -2.36. The number of halogens is 1. The van der Waals surface area contributed by atoms with Crippen molar-refractivity contribution in [3.8, 4) is 17.4 Å². The summed E-state index contributed by atoms with van der Waals surface area (Å²) < 4.78 is 18.5. The molecule has 41 heavy (non-hydrogen) atoms. The second-order valence-corrected chi connectivity index (χ2v) is 16.7. The highest BCUT2D eigenvalue weighted by Gasteiger charge is 2.37. The molecular formula is C29H36ClN5O5Si. The summed E-state index contributed by atoms with van der Waals surface area (Å²) in [4.78, 5) is 39.7. The lowest BCUT2D eigenvalue weighted by Crippen LogP contribution is -2.43. The predicted octanol–water partition coefficient (Wildman–Crippen LogP) is 6.20. The van der Waals surface area contributed by atoms with E-state index >= 15 is 0 Å². The molecule has 0 spiro atoms. The van der Waals surface area contributed by atoms with Gasteiger partial charge in [-0.05, 0) is 49.7 Å². The van der Waals surface area contributed by atoms with Gasteiger partial charge < -0.3 is 24.1 Å². The molecule has 3 heterocycles. The molecule has 1 atom stereocenters. The van der Waals surface area contributed by atoms with Crippen LogP contribution in [-0.4, -0.2) is 65.8 Å². The molecule has 10 nitrogen and oxygen atoms in total. The first-order chi connectivity index (χ1) is 19.3. The zero-order valence-electron chi connectivity index (χ0n) is 24.2. The molecule has 0 bridgehead atoms. The molecule has 1 aliphatic heterocycles. The number of carbonyl (C=O) groups excluding carboxylic acids is 2. The van der Waals surface area contributed by atoms with E-state index in [-0.39, 0.29) is 39.3 Å². The standard InChI is InChI=1S/C29H36ClN5O5Si/c1-19(18-38-41(5,6)29(2,3)4)39-22-12-20(26(36)34-25-17-31-8-9-32-25)13-23(15-22)40-27-24(30)14-21(16-33-27)28(37)35-10-7-11-35/h8-9,12-17,19H,7,10-11,18H2,1-6H3,(H,32,34,36)/t19-/m0/s1. The van der Waals surface area contributed by atoms with Gasteiger partial charge in [0, 0.05) is 43.3 Å². The fraction of sp³-hybridized carbons (Fsp3) is 0.414. The van der Waals surface area contributed by atoms with Gasteiger partial charge >= 0.3 is 0 Å².